The third-order valence-corrected chi connectivity index (χ3v) is 13.5. The summed E-state index contributed by atoms with van der Waals surface area (Å²) in [5.41, 5.74) is 3.16. The van der Waals surface area contributed by atoms with E-state index in [4.69, 9.17) is 0 Å². The first kappa shape index (κ1) is 33.5. The van der Waals surface area contributed by atoms with Crippen LogP contribution in [0.5, 0.6) is 0 Å². The molecule has 38 heavy (non-hydrogen) atoms. The fraction of sp³-hybridized carbons (Fsp3) is 0.667. The Balaban J connectivity index is 2.35. The van der Waals surface area contributed by atoms with Crippen molar-refractivity contribution in [2.24, 2.45) is 0 Å². The number of hydrogen-bond acceptors (Lipinski definition) is 0. The van der Waals surface area contributed by atoms with Gasteiger partial charge in [0.05, 0.1) is 0 Å². The average molecular weight is 555 g/mol. The van der Waals surface area contributed by atoms with Crippen LogP contribution in [0.15, 0.2) is 48.5 Å². The summed E-state index contributed by atoms with van der Waals surface area (Å²) in [4.78, 5) is 0. The third-order valence-electron chi connectivity index (χ3n) is 7.91. The van der Waals surface area contributed by atoms with E-state index in [2.05, 4.69) is 76.2 Å². The highest BCUT2D eigenvalue weighted by atomic mass is 31.1. The molecule has 0 saturated carbocycles. The summed E-state index contributed by atoms with van der Waals surface area (Å²) in [5, 5.41) is 3.41. The summed E-state index contributed by atoms with van der Waals surface area (Å²) in [5.74, 6) is 0. The summed E-state index contributed by atoms with van der Waals surface area (Å²) in [6, 6.07) is 19.3. The van der Waals surface area contributed by atoms with Crippen LogP contribution in [0.4, 0.5) is 0 Å². The van der Waals surface area contributed by atoms with Gasteiger partial charge in [0, 0.05) is 0 Å². The zero-order valence-electron chi connectivity index (χ0n) is 25.7. The van der Waals surface area contributed by atoms with Gasteiger partial charge in [-0.15, -0.1) is 0 Å². The molecule has 0 aliphatic rings. The van der Waals surface area contributed by atoms with Crippen LogP contribution in [0.2, 0.25) is 0 Å². The highest BCUT2D eigenvalue weighted by Gasteiger charge is 2.20. The van der Waals surface area contributed by atoms with Crippen LogP contribution in [0, 0.1) is 0 Å². The molecule has 0 aliphatic carbocycles. The Labute approximate surface area is 240 Å². The third kappa shape index (κ3) is 12.6. The van der Waals surface area contributed by atoms with Gasteiger partial charge in [-0.25, -0.2) is 0 Å². The summed E-state index contributed by atoms with van der Waals surface area (Å²) in [6.45, 7) is 9.34. The molecule has 0 aliphatic heterocycles. The number of hydrogen-bond donors (Lipinski definition) is 0. The van der Waals surface area contributed by atoms with Gasteiger partial charge in [0.15, 0.2) is 0 Å². The van der Waals surface area contributed by atoms with Crippen LogP contribution in [0.3, 0.4) is 0 Å². The predicted octanol–water partition coefficient (Wildman–Crippen LogP) is 11.9. The number of unbranched alkanes of at least 4 members (excludes halogenated alkanes) is 12. The largest absolute Gasteiger partial charge is 0.0746 e. The molecule has 214 valence electrons. The molecule has 0 unspecified atom stereocenters. The molecule has 0 atom stereocenters. The molecule has 0 fully saturated rings. The van der Waals surface area contributed by atoms with Crippen molar-refractivity contribution in [2.75, 3.05) is 24.6 Å². The molecule has 0 amide bonds. The van der Waals surface area contributed by atoms with Crippen LogP contribution >= 0.6 is 15.8 Å². The molecule has 0 bridgehead atoms. The summed E-state index contributed by atoms with van der Waals surface area (Å²) >= 11 is 0. The highest BCUT2D eigenvalue weighted by molar-refractivity contribution is 7.66. The van der Waals surface area contributed by atoms with Crippen LogP contribution in [-0.2, 0) is 0 Å². The van der Waals surface area contributed by atoms with E-state index in [0.717, 1.165) is 0 Å². The fourth-order valence-corrected chi connectivity index (χ4v) is 11.1. The van der Waals surface area contributed by atoms with E-state index in [0.29, 0.717) is 0 Å². The molecule has 0 aromatic heterocycles. The Hall–Kier alpha value is -0.700. The van der Waals surface area contributed by atoms with E-state index in [1.807, 2.05) is 0 Å². The van der Waals surface area contributed by atoms with E-state index < -0.39 is 0 Å². The van der Waals surface area contributed by atoms with E-state index in [1.54, 1.807) is 21.7 Å². The van der Waals surface area contributed by atoms with E-state index in [9.17, 15) is 0 Å². The second-order valence-electron chi connectivity index (χ2n) is 11.3. The Bertz CT molecular complexity index is 736. The second-order valence-corrected chi connectivity index (χ2v) is 16.2. The van der Waals surface area contributed by atoms with Crippen LogP contribution in [-0.4, -0.2) is 24.6 Å². The van der Waals surface area contributed by atoms with Crippen molar-refractivity contribution in [3.63, 3.8) is 0 Å². The SMILES string of the molecule is CCCCCCP(CCCCCC)c1ccccc1-c1ccccc1P(CCCCCC)CCCCCC. The van der Waals surface area contributed by atoms with Crippen LogP contribution in [0.25, 0.3) is 11.1 Å². The zero-order chi connectivity index (χ0) is 27.3. The lowest BCUT2D eigenvalue weighted by Gasteiger charge is -2.26. The first-order valence-corrected chi connectivity index (χ1v) is 19.9. The van der Waals surface area contributed by atoms with Crippen molar-refractivity contribution < 1.29 is 0 Å². The minimum absolute atomic E-state index is 0.0897. The highest BCUT2D eigenvalue weighted by Crippen LogP contribution is 2.44. The van der Waals surface area contributed by atoms with Gasteiger partial charge in [-0.2, -0.15) is 0 Å². The molecule has 2 aromatic rings. The maximum Gasteiger partial charge on any atom is -0.0101 e. The van der Waals surface area contributed by atoms with Crippen LogP contribution < -0.4 is 10.6 Å². The van der Waals surface area contributed by atoms with Crippen molar-refractivity contribution in [1.82, 2.24) is 0 Å². The summed E-state index contributed by atoms with van der Waals surface area (Å²) in [7, 11) is -0.179. The Morgan fingerprint density at radius 2 is 0.658 bits per heavy atom. The first-order valence-electron chi connectivity index (χ1n) is 16.4. The number of benzene rings is 2. The fourth-order valence-electron chi connectivity index (χ4n) is 5.58. The maximum atomic E-state index is 2.52. The lowest BCUT2D eigenvalue weighted by atomic mass is 10.1. The Morgan fingerprint density at radius 1 is 0.368 bits per heavy atom. The van der Waals surface area contributed by atoms with Gasteiger partial charge in [0.25, 0.3) is 0 Å². The molecule has 2 rings (SSSR count). The minimum atomic E-state index is -0.0897. The second kappa shape index (κ2) is 22.0. The van der Waals surface area contributed by atoms with Gasteiger partial charge in [0.1, 0.15) is 0 Å². The topological polar surface area (TPSA) is 0 Å². The van der Waals surface area contributed by atoms with Gasteiger partial charge >= 0.3 is 0 Å². The van der Waals surface area contributed by atoms with Crippen LogP contribution in [0.1, 0.15) is 130 Å². The smallest absolute Gasteiger partial charge is 0.0101 e. The van der Waals surface area contributed by atoms with E-state index in [-0.39, 0.29) is 15.8 Å². The van der Waals surface area contributed by atoms with E-state index in [1.165, 1.54) is 127 Å². The lowest BCUT2D eigenvalue weighted by Crippen LogP contribution is -2.16. The molecule has 0 N–H and O–H groups in total. The molecule has 0 heterocycles. The van der Waals surface area contributed by atoms with Gasteiger partial charge in [0.2, 0.25) is 0 Å². The first-order chi connectivity index (χ1) is 18.8. The quantitative estimate of drug-likeness (QED) is 0.0946. The van der Waals surface area contributed by atoms with Crippen molar-refractivity contribution in [1.29, 1.82) is 0 Å². The molecule has 0 saturated heterocycles. The summed E-state index contributed by atoms with van der Waals surface area (Å²) < 4.78 is 0. The molecule has 0 spiro atoms. The Kier molecular flexibility index (Phi) is 19.4. The molecule has 2 heteroatoms. The Morgan fingerprint density at radius 3 is 0.947 bits per heavy atom. The van der Waals surface area contributed by atoms with Gasteiger partial charge in [-0.3, -0.25) is 0 Å². The molecule has 2 aromatic carbocycles. The predicted molar refractivity (Wildman–Crippen MR) is 181 cm³/mol. The monoisotopic (exact) mass is 554 g/mol. The minimum Gasteiger partial charge on any atom is -0.0746 e. The molecular weight excluding hydrogens is 494 g/mol. The van der Waals surface area contributed by atoms with Crippen molar-refractivity contribution in [3.05, 3.63) is 48.5 Å². The van der Waals surface area contributed by atoms with E-state index >= 15 is 0 Å². The molecule has 0 nitrogen and oxygen atoms in total. The summed E-state index contributed by atoms with van der Waals surface area (Å²) in [6.07, 6.45) is 27.8. The maximum absolute atomic E-state index is 2.52. The van der Waals surface area contributed by atoms with Gasteiger partial charge in [-0.1, -0.05) is 169 Å². The van der Waals surface area contributed by atoms with Gasteiger partial charge < -0.3 is 0 Å². The molecule has 0 radical (unpaired) electrons. The standard InChI is InChI=1S/C36H60P2/c1-5-9-13-21-29-37(30-22-14-10-6-2)35-27-19-17-25-33(35)34-26-18-20-28-36(34)38(31-23-15-11-7-3)32-24-16-12-8-4/h17-20,25-28H,5-16,21-24,29-32H2,1-4H3. The molecular formula is C36H60P2. The van der Waals surface area contributed by atoms with Crippen molar-refractivity contribution >= 4 is 26.5 Å². The zero-order valence-corrected chi connectivity index (χ0v) is 27.4. The van der Waals surface area contributed by atoms with Gasteiger partial charge in [-0.05, 0) is 72.1 Å². The average Bonchev–Trinajstić information content (AvgIpc) is 2.95. The normalized spacial score (nSPS) is 11.6. The number of rotatable bonds is 23. The van der Waals surface area contributed by atoms with Crippen molar-refractivity contribution in [3.8, 4) is 11.1 Å². The lowest BCUT2D eigenvalue weighted by molar-refractivity contribution is 0.697. The van der Waals surface area contributed by atoms with Crippen molar-refractivity contribution in [2.45, 2.75) is 130 Å².